The van der Waals surface area contributed by atoms with Gasteiger partial charge in [0.2, 0.25) is 0 Å². The first-order valence-electron chi connectivity index (χ1n) is 4.81. The van der Waals surface area contributed by atoms with Gasteiger partial charge in [-0.2, -0.15) is 0 Å². The van der Waals surface area contributed by atoms with E-state index in [0.29, 0.717) is 17.7 Å². The van der Waals surface area contributed by atoms with E-state index in [-0.39, 0.29) is 17.8 Å². The molecular weight excluding hydrogens is 195 g/mol. The summed E-state index contributed by atoms with van der Waals surface area (Å²) in [4.78, 5) is 11.6. The van der Waals surface area contributed by atoms with E-state index < -0.39 is 0 Å². The number of benzene rings is 1. The van der Waals surface area contributed by atoms with Crippen LogP contribution in [0.4, 0.5) is 4.39 Å². The van der Waals surface area contributed by atoms with Crippen molar-refractivity contribution in [2.45, 2.75) is 19.9 Å². The molecule has 1 amide bonds. The number of rotatable bonds is 3. The number of hydrogen-bond acceptors (Lipinski definition) is 2. The number of carbonyl (C=O) groups excluding carboxylic acids is 1. The molecule has 0 bridgehead atoms. The minimum atomic E-state index is -0.307. The summed E-state index contributed by atoms with van der Waals surface area (Å²) in [6.07, 6.45) is 0. The van der Waals surface area contributed by atoms with E-state index in [1.54, 1.807) is 6.92 Å². The predicted molar refractivity (Wildman–Crippen MR) is 57.1 cm³/mol. The van der Waals surface area contributed by atoms with Gasteiger partial charge in [0.25, 0.3) is 5.91 Å². The number of carbonyl (C=O) groups is 1. The third-order valence-corrected chi connectivity index (χ3v) is 2.15. The number of nitrogens with one attached hydrogen (secondary N) is 1. The summed E-state index contributed by atoms with van der Waals surface area (Å²) in [6, 6.07) is 4.19. The molecule has 0 unspecified atom stereocenters. The molecule has 0 aliphatic rings. The normalized spacial score (nSPS) is 12.3. The van der Waals surface area contributed by atoms with Gasteiger partial charge < -0.3 is 11.1 Å². The number of amides is 1. The van der Waals surface area contributed by atoms with E-state index in [1.807, 2.05) is 6.92 Å². The lowest BCUT2D eigenvalue weighted by Gasteiger charge is -2.11. The maximum absolute atomic E-state index is 12.9. The Bertz CT molecular complexity index is 366. The van der Waals surface area contributed by atoms with Crippen LogP contribution in [0.15, 0.2) is 18.2 Å². The van der Waals surface area contributed by atoms with Crippen molar-refractivity contribution in [3.63, 3.8) is 0 Å². The van der Waals surface area contributed by atoms with Gasteiger partial charge in [-0.1, -0.05) is 0 Å². The zero-order valence-electron chi connectivity index (χ0n) is 8.88. The van der Waals surface area contributed by atoms with Crippen molar-refractivity contribution >= 4 is 5.91 Å². The van der Waals surface area contributed by atoms with Gasteiger partial charge in [-0.3, -0.25) is 4.79 Å². The minimum Gasteiger partial charge on any atom is -0.348 e. The second-order valence-corrected chi connectivity index (χ2v) is 3.57. The van der Waals surface area contributed by atoms with Crippen LogP contribution in [0.1, 0.15) is 22.8 Å². The van der Waals surface area contributed by atoms with E-state index in [1.165, 1.54) is 18.2 Å². The van der Waals surface area contributed by atoms with E-state index in [0.717, 1.165) is 0 Å². The van der Waals surface area contributed by atoms with Gasteiger partial charge in [-0.05, 0) is 37.6 Å². The molecule has 3 N–H and O–H groups in total. The Morgan fingerprint density at radius 3 is 2.80 bits per heavy atom. The van der Waals surface area contributed by atoms with Gasteiger partial charge in [-0.15, -0.1) is 0 Å². The van der Waals surface area contributed by atoms with Crippen LogP contribution in [-0.4, -0.2) is 18.5 Å². The maximum atomic E-state index is 12.9. The summed E-state index contributed by atoms with van der Waals surface area (Å²) in [7, 11) is 0. The summed E-state index contributed by atoms with van der Waals surface area (Å²) in [6.45, 7) is 3.82. The monoisotopic (exact) mass is 210 g/mol. The van der Waals surface area contributed by atoms with Crippen molar-refractivity contribution in [3.05, 3.63) is 35.1 Å². The summed E-state index contributed by atoms with van der Waals surface area (Å²) < 4.78 is 12.9. The lowest BCUT2D eigenvalue weighted by atomic mass is 10.1. The van der Waals surface area contributed by atoms with E-state index in [4.69, 9.17) is 5.73 Å². The molecule has 82 valence electrons. The van der Waals surface area contributed by atoms with Crippen LogP contribution >= 0.6 is 0 Å². The Morgan fingerprint density at radius 1 is 1.60 bits per heavy atom. The first-order chi connectivity index (χ1) is 7.04. The molecule has 0 heterocycles. The number of nitrogens with two attached hydrogens (primary N) is 1. The highest BCUT2D eigenvalue weighted by molar-refractivity contribution is 5.94. The van der Waals surface area contributed by atoms with Crippen molar-refractivity contribution in [3.8, 4) is 0 Å². The zero-order chi connectivity index (χ0) is 11.4. The lowest BCUT2D eigenvalue weighted by Crippen LogP contribution is -2.37. The molecule has 0 aliphatic heterocycles. The van der Waals surface area contributed by atoms with Gasteiger partial charge in [0.15, 0.2) is 0 Å². The molecule has 1 rings (SSSR count). The Labute approximate surface area is 88.5 Å². The van der Waals surface area contributed by atoms with Crippen molar-refractivity contribution in [2.75, 3.05) is 6.54 Å². The molecule has 0 radical (unpaired) electrons. The molecule has 3 nitrogen and oxygen atoms in total. The van der Waals surface area contributed by atoms with Crippen molar-refractivity contribution in [1.29, 1.82) is 0 Å². The highest BCUT2D eigenvalue weighted by Gasteiger charge is 2.09. The van der Waals surface area contributed by atoms with Gasteiger partial charge in [0.1, 0.15) is 5.82 Å². The first kappa shape index (κ1) is 11.7. The van der Waals surface area contributed by atoms with Gasteiger partial charge in [-0.25, -0.2) is 4.39 Å². The molecule has 1 aromatic rings. The van der Waals surface area contributed by atoms with Crippen LogP contribution in [0.5, 0.6) is 0 Å². The fourth-order valence-corrected chi connectivity index (χ4v) is 1.15. The Kier molecular flexibility index (Phi) is 3.80. The first-order valence-corrected chi connectivity index (χ1v) is 4.81. The Balaban J connectivity index is 2.78. The van der Waals surface area contributed by atoms with E-state index in [9.17, 15) is 9.18 Å². The quantitative estimate of drug-likeness (QED) is 0.788. The SMILES string of the molecule is Cc1cc(C(=O)N[C@H](C)CN)ccc1F. The van der Waals surface area contributed by atoms with Crippen molar-refractivity contribution < 1.29 is 9.18 Å². The number of hydrogen-bond donors (Lipinski definition) is 2. The molecule has 0 spiro atoms. The molecule has 0 saturated heterocycles. The van der Waals surface area contributed by atoms with Crippen LogP contribution < -0.4 is 11.1 Å². The number of aryl methyl sites for hydroxylation is 1. The molecule has 0 fully saturated rings. The Morgan fingerprint density at radius 2 is 2.27 bits per heavy atom. The summed E-state index contributed by atoms with van der Waals surface area (Å²) in [5, 5.41) is 2.71. The minimum absolute atomic E-state index is 0.0807. The molecule has 15 heavy (non-hydrogen) atoms. The average Bonchev–Trinajstić information content (AvgIpc) is 2.21. The van der Waals surface area contributed by atoms with Crippen LogP contribution in [0.2, 0.25) is 0 Å². The fraction of sp³-hybridized carbons (Fsp3) is 0.364. The van der Waals surface area contributed by atoms with E-state index >= 15 is 0 Å². The zero-order valence-corrected chi connectivity index (χ0v) is 8.88. The second-order valence-electron chi connectivity index (χ2n) is 3.57. The second kappa shape index (κ2) is 4.89. The third kappa shape index (κ3) is 3.02. The maximum Gasteiger partial charge on any atom is 0.251 e. The molecule has 1 atom stereocenters. The van der Waals surface area contributed by atoms with Gasteiger partial charge in [0.05, 0.1) is 0 Å². The molecule has 1 aromatic carbocycles. The number of halogens is 1. The Hall–Kier alpha value is -1.42. The van der Waals surface area contributed by atoms with Crippen LogP contribution in [-0.2, 0) is 0 Å². The smallest absolute Gasteiger partial charge is 0.251 e. The van der Waals surface area contributed by atoms with Crippen molar-refractivity contribution in [2.24, 2.45) is 5.73 Å². The fourth-order valence-electron chi connectivity index (χ4n) is 1.15. The molecule has 0 aliphatic carbocycles. The summed E-state index contributed by atoms with van der Waals surface area (Å²) >= 11 is 0. The van der Waals surface area contributed by atoms with Gasteiger partial charge >= 0.3 is 0 Å². The van der Waals surface area contributed by atoms with E-state index in [2.05, 4.69) is 5.32 Å². The van der Waals surface area contributed by atoms with Crippen LogP contribution in [0, 0.1) is 12.7 Å². The van der Waals surface area contributed by atoms with Crippen LogP contribution in [0.3, 0.4) is 0 Å². The molecular formula is C11H15FN2O. The molecule has 0 saturated carbocycles. The summed E-state index contributed by atoms with van der Waals surface area (Å²) in [5.41, 5.74) is 6.29. The van der Waals surface area contributed by atoms with Crippen LogP contribution in [0.25, 0.3) is 0 Å². The van der Waals surface area contributed by atoms with Crippen molar-refractivity contribution in [1.82, 2.24) is 5.32 Å². The topological polar surface area (TPSA) is 55.1 Å². The average molecular weight is 210 g/mol. The summed E-state index contributed by atoms with van der Waals surface area (Å²) in [5.74, 6) is -0.533. The molecule has 0 aromatic heterocycles. The van der Waals surface area contributed by atoms with Gasteiger partial charge in [0, 0.05) is 18.2 Å². The third-order valence-electron chi connectivity index (χ3n) is 2.15. The predicted octanol–water partition coefficient (Wildman–Crippen LogP) is 1.21. The largest absolute Gasteiger partial charge is 0.348 e. The lowest BCUT2D eigenvalue weighted by molar-refractivity contribution is 0.0941. The highest BCUT2D eigenvalue weighted by Crippen LogP contribution is 2.09. The standard InChI is InChI=1S/C11H15FN2O/c1-7-5-9(3-4-10(7)12)11(15)14-8(2)6-13/h3-5,8H,6,13H2,1-2H3,(H,14,15)/t8-/m1/s1. The highest BCUT2D eigenvalue weighted by atomic mass is 19.1. The molecule has 4 heteroatoms.